The summed E-state index contributed by atoms with van der Waals surface area (Å²) in [4.78, 5) is 16.9. The molecule has 1 aromatic rings. The van der Waals surface area contributed by atoms with Crippen molar-refractivity contribution in [3.05, 3.63) is 22.8 Å². The molecule has 6 nitrogen and oxygen atoms in total. The largest absolute Gasteiger partial charge is 0.478 e. The summed E-state index contributed by atoms with van der Waals surface area (Å²) >= 11 is 6.09. The van der Waals surface area contributed by atoms with Crippen LogP contribution in [0.1, 0.15) is 17.3 Å². The minimum absolute atomic E-state index is 0.0494. The van der Waals surface area contributed by atoms with Gasteiger partial charge in [0.05, 0.1) is 35.9 Å². The molecule has 2 heterocycles. The van der Waals surface area contributed by atoms with Crippen LogP contribution in [0.4, 0.5) is 5.82 Å². The van der Waals surface area contributed by atoms with E-state index in [4.69, 9.17) is 26.6 Å². The minimum atomic E-state index is -1.07. The Morgan fingerprint density at radius 1 is 1.68 bits per heavy atom. The first-order valence-electron chi connectivity index (χ1n) is 5.91. The highest BCUT2D eigenvalue weighted by Crippen LogP contribution is 2.28. The second kappa shape index (κ2) is 5.73. The van der Waals surface area contributed by atoms with E-state index in [0.29, 0.717) is 19.0 Å². The number of aliphatic hydroxyl groups excluding tert-OH is 1. The molecule has 1 saturated heterocycles. The predicted octanol–water partition coefficient (Wildman–Crippen LogP) is 1.02. The van der Waals surface area contributed by atoms with Crippen molar-refractivity contribution in [3.63, 3.8) is 0 Å². The van der Waals surface area contributed by atoms with Crippen molar-refractivity contribution >= 4 is 23.4 Å². The Bertz CT molecular complexity index is 483. The summed E-state index contributed by atoms with van der Waals surface area (Å²) in [6.45, 7) is 2.81. The van der Waals surface area contributed by atoms with Gasteiger partial charge in [0.1, 0.15) is 5.82 Å². The Labute approximate surface area is 115 Å². The van der Waals surface area contributed by atoms with Crippen LogP contribution < -0.4 is 4.90 Å². The van der Waals surface area contributed by atoms with Gasteiger partial charge in [0.2, 0.25) is 0 Å². The van der Waals surface area contributed by atoms with E-state index in [9.17, 15) is 4.79 Å². The molecule has 1 fully saturated rings. The van der Waals surface area contributed by atoms with Crippen molar-refractivity contribution in [2.45, 2.75) is 19.1 Å². The van der Waals surface area contributed by atoms with Gasteiger partial charge in [-0.3, -0.25) is 0 Å². The molecule has 19 heavy (non-hydrogen) atoms. The number of aliphatic hydroxyl groups is 1. The van der Waals surface area contributed by atoms with E-state index in [-0.39, 0.29) is 29.3 Å². The SMILES string of the molecule is CC1COC(CO)CN1c1ncc(C(=O)O)cc1Cl. The summed E-state index contributed by atoms with van der Waals surface area (Å²) in [6, 6.07) is 1.44. The number of halogens is 1. The van der Waals surface area contributed by atoms with Crippen LogP contribution in [0.25, 0.3) is 0 Å². The molecule has 0 bridgehead atoms. The van der Waals surface area contributed by atoms with E-state index >= 15 is 0 Å². The van der Waals surface area contributed by atoms with Gasteiger partial charge in [0.25, 0.3) is 0 Å². The molecule has 1 aromatic heterocycles. The van der Waals surface area contributed by atoms with Crippen molar-refractivity contribution in [2.24, 2.45) is 0 Å². The lowest BCUT2D eigenvalue weighted by atomic mass is 10.2. The minimum Gasteiger partial charge on any atom is -0.478 e. The van der Waals surface area contributed by atoms with Gasteiger partial charge in [-0.15, -0.1) is 0 Å². The van der Waals surface area contributed by atoms with Crippen LogP contribution in [0.15, 0.2) is 12.3 Å². The van der Waals surface area contributed by atoms with Crippen molar-refractivity contribution < 1.29 is 19.7 Å². The third-order valence-corrected chi connectivity index (χ3v) is 3.33. The first-order valence-corrected chi connectivity index (χ1v) is 6.28. The molecule has 104 valence electrons. The second-order valence-electron chi connectivity index (χ2n) is 4.47. The monoisotopic (exact) mass is 286 g/mol. The molecule has 0 spiro atoms. The van der Waals surface area contributed by atoms with Crippen molar-refractivity contribution in [3.8, 4) is 0 Å². The van der Waals surface area contributed by atoms with E-state index in [1.807, 2.05) is 11.8 Å². The Morgan fingerprint density at radius 2 is 2.42 bits per heavy atom. The molecule has 1 aliphatic heterocycles. The fourth-order valence-corrected chi connectivity index (χ4v) is 2.26. The lowest BCUT2D eigenvalue weighted by Gasteiger charge is -2.38. The van der Waals surface area contributed by atoms with Gasteiger partial charge in [-0.05, 0) is 13.0 Å². The van der Waals surface area contributed by atoms with Crippen molar-refractivity contribution in [1.29, 1.82) is 0 Å². The molecule has 2 N–H and O–H groups in total. The molecule has 0 saturated carbocycles. The maximum atomic E-state index is 10.8. The summed E-state index contributed by atoms with van der Waals surface area (Å²) in [5.74, 6) is -0.551. The highest BCUT2D eigenvalue weighted by Gasteiger charge is 2.28. The number of carboxylic acids is 1. The molecule has 2 rings (SSSR count). The van der Waals surface area contributed by atoms with Crippen LogP contribution in [0.2, 0.25) is 5.02 Å². The van der Waals surface area contributed by atoms with Crippen molar-refractivity contribution in [2.75, 3.05) is 24.7 Å². The number of rotatable bonds is 3. The second-order valence-corrected chi connectivity index (χ2v) is 4.88. The fourth-order valence-electron chi connectivity index (χ4n) is 1.98. The average Bonchev–Trinajstić information content (AvgIpc) is 2.39. The number of carboxylic acid groups (broad SMARTS) is 1. The number of morpholine rings is 1. The number of hydrogen-bond acceptors (Lipinski definition) is 5. The first kappa shape index (κ1) is 14.0. The molecule has 2 atom stereocenters. The number of aromatic carboxylic acids is 1. The third-order valence-electron chi connectivity index (χ3n) is 3.05. The molecular weight excluding hydrogens is 272 g/mol. The van der Waals surface area contributed by atoms with Crippen LogP contribution >= 0.6 is 11.6 Å². The third kappa shape index (κ3) is 2.97. The molecule has 2 unspecified atom stereocenters. The first-order chi connectivity index (χ1) is 9.02. The molecule has 1 aliphatic rings. The van der Waals surface area contributed by atoms with E-state index in [0.717, 1.165) is 0 Å². The number of ether oxygens (including phenoxy) is 1. The Hall–Kier alpha value is -1.37. The molecule has 0 amide bonds. The predicted molar refractivity (Wildman–Crippen MR) is 69.8 cm³/mol. The maximum Gasteiger partial charge on any atom is 0.337 e. The maximum absolute atomic E-state index is 10.8. The van der Waals surface area contributed by atoms with E-state index < -0.39 is 5.97 Å². The zero-order valence-corrected chi connectivity index (χ0v) is 11.2. The average molecular weight is 287 g/mol. The van der Waals surface area contributed by atoms with Crippen LogP contribution in [0.3, 0.4) is 0 Å². The van der Waals surface area contributed by atoms with Gasteiger partial charge in [-0.2, -0.15) is 0 Å². The van der Waals surface area contributed by atoms with Gasteiger partial charge < -0.3 is 19.8 Å². The molecule has 0 aromatic carbocycles. The van der Waals surface area contributed by atoms with Gasteiger partial charge in [-0.1, -0.05) is 11.6 Å². The van der Waals surface area contributed by atoms with Gasteiger partial charge >= 0.3 is 5.97 Å². The number of carbonyl (C=O) groups is 1. The van der Waals surface area contributed by atoms with Crippen molar-refractivity contribution in [1.82, 2.24) is 4.98 Å². The summed E-state index contributed by atoms with van der Waals surface area (Å²) in [6.07, 6.45) is 0.993. The van der Waals surface area contributed by atoms with Gasteiger partial charge in [0, 0.05) is 12.7 Å². The summed E-state index contributed by atoms with van der Waals surface area (Å²) in [7, 11) is 0. The highest BCUT2D eigenvalue weighted by atomic mass is 35.5. The van der Waals surface area contributed by atoms with Crippen LogP contribution in [-0.2, 0) is 4.74 Å². The number of anilines is 1. The van der Waals surface area contributed by atoms with Gasteiger partial charge in [-0.25, -0.2) is 9.78 Å². The zero-order chi connectivity index (χ0) is 14.0. The van der Waals surface area contributed by atoms with Gasteiger partial charge in [0.15, 0.2) is 0 Å². The molecule has 0 radical (unpaired) electrons. The summed E-state index contributed by atoms with van der Waals surface area (Å²) in [5, 5.41) is 18.3. The Balaban J connectivity index is 2.27. The molecule has 7 heteroatoms. The number of aromatic nitrogens is 1. The van der Waals surface area contributed by atoms with Crippen LogP contribution in [0, 0.1) is 0 Å². The molecule has 0 aliphatic carbocycles. The fraction of sp³-hybridized carbons (Fsp3) is 0.500. The van der Waals surface area contributed by atoms with Crippen LogP contribution in [0.5, 0.6) is 0 Å². The topological polar surface area (TPSA) is 82.9 Å². The number of nitrogens with zero attached hydrogens (tertiary/aromatic N) is 2. The lowest BCUT2D eigenvalue weighted by molar-refractivity contribution is -0.0105. The Morgan fingerprint density at radius 3 is 3.00 bits per heavy atom. The van der Waals surface area contributed by atoms with E-state index in [1.165, 1.54) is 12.3 Å². The number of pyridine rings is 1. The smallest absolute Gasteiger partial charge is 0.337 e. The zero-order valence-electron chi connectivity index (χ0n) is 10.4. The standard InChI is InChI=1S/C12H15ClN2O4/c1-7-6-19-9(5-16)4-15(7)11-10(13)2-8(3-14-11)12(17)18/h2-3,7,9,16H,4-6H2,1H3,(H,17,18). The quantitative estimate of drug-likeness (QED) is 0.863. The summed E-state index contributed by atoms with van der Waals surface area (Å²) < 4.78 is 5.44. The lowest BCUT2D eigenvalue weighted by Crippen LogP contribution is -2.50. The summed E-state index contributed by atoms with van der Waals surface area (Å²) in [5.41, 5.74) is 0.0494. The molecular formula is C12H15ClN2O4. The normalized spacial score (nSPS) is 23.4. The highest BCUT2D eigenvalue weighted by molar-refractivity contribution is 6.33. The van der Waals surface area contributed by atoms with E-state index in [1.54, 1.807) is 0 Å². The van der Waals surface area contributed by atoms with E-state index in [2.05, 4.69) is 4.98 Å². The van der Waals surface area contributed by atoms with Crippen LogP contribution in [-0.4, -0.2) is 53.1 Å². The Kier molecular flexibility index (Phi) is 4.24. The number of hydrogen-bond donors (Lipinski definition) is 2.